The molecule has 0 amide bonds. The second-order valence-electron chi connectivity index (χ2n) is 3.86. The van der Waals surface area contributed by atoms with Crippen LogP contribution < -0.4 is 10.2 Å². The van der Waals surface area contributed by atoms with Crippen molar-refractivity contribution < 1.29 is 19.5 Å². The highest BCUT2D eigenvalue weighted by Gasteiger charge is 2.12. The number of hydrogen-bond donors (Lipinski definition) is 2. The first kappa shape index (κ1) is 14.0. The van der Waals surface area contributed by atoms with Crippen molar-refractivity contribution in [2.45, 2.75) is 20.3 Å². The van der Waals surface area contributed by atoms with Crippen molar-refractivity contribution in [3.8, 4) is 5.75 Å². The molecule has 17 heavy (non-hydrogen) atoms. The van der Waals surface area contributed by atoms with Crippen LogP contribution in [0.25, 0.3) is 0 Å². The Bertz CT molecular complexity index is 341. The van der Waals surface area contributed by atoms with E-state index in [0.29, 0.717) is 18.7 Å². The molecular weight excluding hydrogens is 219 g/mol. The summed E-state index contributed by atoms with van der Waals surface area (Å²) in [5, 5.41) is 18.0. The third-order valence-corrected chi connectivity index (χ3v) is 2.33. The summed E-state index contributed by atoms with van der Waals surface area (Å²) in [6, 6.07) is 5.08. The van der Waals surface area contributed by atoms with Crippen molar-refractivity contribution in [1.82, 2.24) is 0 Å². The van der Waals surface area contributed by atoms with Crippen molar-refractivity contribution in [3.63, 3.8) is 0 Å². The Morgan fingerprint density at radius 2 is 1.94 bits per heavy atom. The minimum absolute atomic E-state index is 0.470. The molecule has 0 saturated heterocycles. The first-order valence-electron chi connectivity index (χ1n) is 5.82. The summed E-state index contributed by atoms with van der Waals surface area (Å²) in [5.41, 5.74) is 1.35. The van der Waals surface area contributed by atoms with Crippen LogP contribution in [0.1, 0.15) is 18.9 Å². The topological polar surface area (TPSA) is 58.9 Å². The molecule has 0 saturated carbocycles. The normalized spacial score (nSPS) is 10.4. The molecule has 1 aromatic carbocycles. The minimum atomic E-state index is -1.43. The Morgan fingerprint density at radius 1 is 1.18 bits per heavy atom. The Labute approximate surface area is 102 Å². The molecule has 0 atom stereocenters. The highest BCUT2D eigenvalue weighted by atomic mass is 16.5. The van der Waals surface area contributed by atoms with E-state index in [1.165, 1.54) is 0 Å². The fourth-order valence-electron chi connectivity index (χ4n) is 1.45. The Morgan fingerprint density at radius 3 is 2.53 bits per heavy atom. The zero-order valence-corrected chi connectivity index (χ0v) is 10.3. The van der Waals surface area contributed by atoms with Gasteiger partial charge in [-0.2, -0.15) is 0 Å². The van der Waals surface area contributed by atoms with Crippen LogP contribution in [-0.2, 0) is 4.74 Å². The van der Waals surface area contributed by atoms with Gasteiger partial charge in [0.05, 0.1) is 6.61 Å². The maximum atomic E-state index is 9.01. The molecule has 4 nitrogen and oxygen atoms in total. The van der Waals surface area contributed by atoms with Gasteiger partial charge in [0.15, 0.2) is 0 Å². The van der Waals surface area contributed by atoms with Gasteiger partial charge in [0.25, 0.3) is 0 Å². The summed E-state index contributed by atoms with van der Waals surface area (Å²) in [5.74, 6) is 0.745. The molecule has 5 heteroatoms. The standard InChI is InChI=1S/C12H19BO4/c1-3-6-16-7-8-17-12-5-4-11(13(14)15)9-10(12)2/h4-5,9,14-15H,3,6-8H2,1-2H3. The lowest BCUT2D eigenvalue weighted by Gasteiger charge is -2.10. The van der Waals surface area contributed by atoms with E-state index in [0.717, 1.165) is 24.3 Å². The molecule has 0 fully saturated rings. The predicted molar refractivity (Wildman–Crippen MR) is 67.6 cm³/mol. The molecule has 0 aromatic heterocycles. The summed E-state index contributed by atoms with van der Waals surface area (Å²) in [7, 11) is -1.43. The summed E-state index contributed by atoms with van der Waals surface area (Å²) in [6.45, 7) is 5.75. The van der Waals surface area contributed by atoms with Crippen LogP contribution in [0, 0.1) is 6.92 Å². The predicted octanol–water partition coefficient (Wildman–Crippen LogP) is 0.480. The second-order valence-corrected chi connectivity index (χ2v) is 3.86. The number of hydrogen-bond acceptors (Lipinski definition) is 4. The van der Waals surface area contributed by atoms with Crippen molar-refractivity contribution in [1.29, 1.82) is 0 Å². The molecule has 0 aliphatic heterocycles. The lowest BCUT2D eigenvalue weighted by molar-refractivity contribution is 0.100. The zero-order chi connectivity index (χ0) is 12.7. The molecule has 0 aliphatic rings. The van der Waals surface area contributed by atoms with E-state index in [1.54, 1.807) is 18.2 Å². The highest BCUT2D eigenvalue weighted by Crippen LogP contribution is 2.15. The van der Waals surface area contributed by atoms with Crippen LogP contribution in [0.5, 0.6) is 5.75 Å². The monoisotopic (exact) mass is 238 g/mol. The fourth-order valence-corrected chi connectivity index (χ4v) is 1.45. The van der Waals surface area contributed by atoms with E-state index in [1.807, 2.05) is 6.92 Å². The number of ether oxygens (including phenoxy) is 2. The maximum Gasteiger partial charge on any atom is 0.488 e. The van der Waals surface area contributed by atoms with Gasteiger partial charge >= 0.3 is 7.12 Å². The first-order valence-corrected chi connectivity index (χ1v) is 5.82. The maximum absolute atomic E-state index is 9.01. The molecule has 1 aromatic rings. The van der Waals surface area contributed by atoms with E-state index in [-0.39, 0.29) is 0 Å². The summed E-state index contributed by atoms with van der Waals surface area (Å²) >= 11 is 0. The van der Waals surface area contributed by atoms with Crippen LogP contribution >= 0.6 is 0 Å². The van der Waals surface area contributed by atoms with E-state index < -0.39 is 7.12 Å². The Kier molecular flexibility index (Phi) is 6.04. The third-order valence-electron chi connectivity index (χ3n) is 2.33. The Balaban J connectivity index is 2.43. The molecule has 0 radical (unpaired) electrons. The van der Waals surface area contributed by atoms with Gasteiger partial charge in [-0.15, -0.1) is 0 Å². The largest absolute Gasteiger partial charge is 0.491 e. The quantitative estimate of drug-likeness (QED) is 0.535. The average Bonchev–Trinajstić information content (AvgIpc) is 2.30. The zero-order valence-electron chi connectivity index (χ0n) is 10.3. The Hall–Kier alpha value is -1.04. The van der Waals surface area contributed by atoms with E-state index in [2.05, 4.69) is 6.92 Å². The molecule has 2 N–H and O–H groups in total. The van der Waals surface area contributed by atoms with Crippen molar-refractivity contribution >= 4 is 12.6 Å². The third kappa shape index (κ3) is 4.77. The lowest BCUT2D eigenvalue weighted by Crippen LogP contribution is -2.29. The molecule has 0 bridgehead atoms. The summed E-state index contributed by atoms with van der Waals surface area (Å²) in [6.07, 6.45) is 1.00. The van der Waals surface area contributed by atoms with E-state index in [4.69, 9.17) is 19.5 Å². The summed E-state index contributed by atoms with van der Waals surface area (Å²) < 4.78 is 10.8. The molecule has 94 valence electrons. The molecule has 0 unspecified atom stereocenters. The van der Waals surface area contributed by atoms with Gasteiger partial charge in [-0.1, -0.05) is 19.1 Å². The fraction of sp³-hybridized carbons (Fsp3) is 0.500. The van der Waals surface area contributed by atoms with Gasteiger partial charge in [0, 0.05) is 6.61 Å². The van der Waals surface area contributed by atoms with Crippen molar-refractivity contribution in [2.75, 3.05) is 19.8 Å². The van der Waals surface area contributed by atoms with Crippen LogP contribution in [0.4, 0.5) is 0 Å². The van der Waals surface area contributed by atoms with Crippen molar-refractivity contribution in [2.24, 2.45) is 0 Å². The summed E-state index contributed by atoms with van der Waals surface area (Å²) in [4.78, 5) is 0. The van der Waals surface area contributed by atoms with Crippen LogP contribution in [0.15, 0.2) is 18.2 Å². The van der Waals surface area contributed by atoms with Crippen LogP contribution in [0.3, 0.4) is 0 Å². The number of aryl methyl sites for hydroxylation is 1. The number of rotatable bonds is 7. The number of benzene rings is 1. The van der Waals surface area contributed by atoms with Crippen LogP contribution in [-0.4, -0.2) is 37.0 Å². The first-order chi connectivity index (χ1) is 8.15. The molecular formula is C12H19BO4. The van der Waals surface area contributed by atoms with Gasteiger partial charge in [-0.05, 0) is 30.4 Å². The molecule has 1 rings (SSSR count). The van der Waals surface area contributed by atoms with Gasteiger partial charge < -0.3 is 19.5 Å². The van der Waals surface area contributed by atoms with Gasteiger partial charge in [-0.25, -0.2) is 0 Å². The SMILES string of the molecule is CCCOCCOc1ccc(B(O)O)cc1C. The van der Waals surface area contributed by atoms with Crippen LogP contribution in [0.2, 0.25) is 0 Å². The molecule has 0 aliphatic carbocycles. The molecule has 0 spiro atoms. The van der Waals surface area contributed by atoms with Gasteiger partial charge in [0.1, 0.15) is 12.4 Å². The minimum Gasteiger partial charge on any atom is -0.491 e. The van der Waals surface area contributed by atoms with E-state index in [9.17, 15) is 0 Å². The highest BCUT2D eigenvalue weighted by molar-refractivity contribution is 6.58. The lowest BCUT2D eigenvalue weighted by atomic mass is 9.79. The molecule has 0 heterocycles. The van der Waals surface area contributed by atoms with Crippen molar-refractivity contribution in [3.05, 3.63) is 23.8 Å². The van der Waals surface area contributed by atoms with Gasteiger partial charge in [-0.3, -0.25) is 0 Å². The average molecular weight is 238 g/mol. The smallest absolute Gasteiger partial charge is 0.488 e. The van der Waals surface area contributed by atoms with Gasteiger partial charge in [0.2, 0.25) is 0 Å². The van der Waals surface area contributed by atoms with E-state index >= 15 is 0 Å². The second kappa shape index (κ2) is 7.32.